The third-order valence-electron chi connectivity index (χ3n) is 3.38. The van der Waals surface area contributed by atoms with E-state index in [0.717, 1.165) is 26.1 Å². The van der Waals surface area contributed by atoms with Gasteiger partial charge in [-0.3, -0.25) is 9.59 Å². The van der Waals surface area contributed by atoms with Crippen molar-refractivity contribution in [3.63, 3.8) is 0 Å². The lowest BCUT2D eigenvalue weighted by molar-refractivity contribution is -0.150. The van der Waals surface area contributed by atoms with E-state index < -0.39 is 0 Å². The molecule has 16 heavy (non-hydrogen) atoms. The molecule has 2 saturated heterocycles. The predicted octanol–water partition coefficient (Wildman–Crippen LogP) is -0.713. The van der Waals surface area contributed by atoms with Gasteiger partial charge in [0.2, 0.25) is 11.8 Å². The highest BCUT2D eigenvalue weighted by Crippen LogP contribution is 2.12. The molecule has 2 aliphatic heterocycles. The Kier molecular flexibility index (Phi) is 3.43. The first-order valence-electron chi connectivity index (χ1n) is 5.97. The summed E-state index contributed by atoms with van der Waals surface area (Å²) in [6.07, 6.45) is 1.11. The summed E-state index contributed by atoms with van der Waals surface area (Å²) in [5.74, 6) is 0.686. The molecule has 90 valence electrons. The smallest absolute Gasteiger partial charge is 0.242 e. The van der Waals surface area contributed by atoms with Crippen LogP contribution in [0.2, 0.25) is 0 Å². The van der Waals surface area contributed by atoms with Crippen LogP contribution >= 0.6 is 0 Å². The second-order valence-electron chi connectivity index (χ2n) is 4.54. The summed E-state index contributed by atoms with van der Waals surface area (Å²) < 4.78 is 0. The number of piperazine rings is 1. The molecule has 0 aromatic heterocycles. The van der Waals surface area contributed by atoms with E-state index in [1.54, 1.807) is 9.80 Å². The van der Waals surface area contributed by atoms with Crippen LogP contribution in [0.15, 0.2) is 0 Å². The lowest BCUT2D eigenvalue weighted by Crippen LogP contribution is -2.54. The Morgan fingerprint density at radius 2 is 1.94 bits per heavy atom. The number of nitrogens with one attached hydrogen (secondary N) is 1. The molecule has 1 N–H and O–H groups in total. The van der Waals surface area contributed by atoms with E-state index >= 15 is 0 Å². The quantitative estimate of drug-likeness (QED) is 0.690. The molecule has 2 rings (SSSR count). The first-order chi connectivity index (χ1) is 7.70. The van der Waals surface area contributed by atoms with Crippen molar-refractivity contribution < 1.29 is 9.59 Å². The third kappa shape index (κ3) is 2.35. The Morgan fingerprint density at radius 1 is 1.25 bits per heavy atom. The van der Waals surface area contributed by atoms with E-state index in [1.165, 1.54) is 0 Å². The van der Waals surface area contributed by atoms with Crippen LogP contribution in [0.5, 0.6) is 0 Å². The maximum absolute atomic E-state index is 11.8. The second-order valence-corrected chi connectivity index (χ2v) is 4.54. The van der Waals surface area contributed by atoms with Crippen molar-refractivity contribution in [2.24, 2.45) is 5.92 Å². The first-order valence-corrected chi connectivity index (χ1v) is 5.97. The highest BCUT2D eigenvalue weighted by Gasteiger charge is 2.30. The maximum Gasteiger partial charge on any atom is 0.242 e. The number of carbonyl (C=O) groups is 2. The van der Waals surface area contributed by atoms with E-state index in [-0.39, 0.29) is 24.9 Å². The normalized spacial score (nSPS) is 26.7. The van der Waals surface area contributed by atoms with Crippen LogP contribution in [-0.2, 0) is 9.59 Å². The molecule has 2 amide bonds. The molecule has 0 bridgehead atoms. The highest BCUT2D eigenvalue weighted by atomic mass is 16.2. The SMILES string of the molecule is CCN1CC(=O)N(CC2CCNC2)CC1=O. The molecule has 0 radical (unpaired) electrons. The lowest BCUT2D eigenvalue weighted by atomic mass is 10.1. The number of carbonyl (C=O) groups excluding carboxylic acids is 2. The fraction of sp³-hybridized carbons (Fsp3) is 0.818. The molecule has 0 spiro atoms. The van der Waals surface area contributed by atoms with E-state index in [4.69, 9.17) is 0 Å². The van der Waals surface area contributed by atoms with Crippen molar-refractivity contribution in [2.45, 2.75) is 13.3 Å². The van der Waals surface area contributed by atoms with Gasteiger partial charge in [-0.2, -0.15) is 0 Å². The molecule has 0 aromatic rings. The fourth-order valence-electron chi connectivity index (χ4n) is 2.34. The van der Waals surface area contributed by atoms with Crippen molar-refractivity contribution in [3.05, 3.63) is 0 Å². The zero-order valence-electron chi connectivity index (χ0n) is 9.74. The summed E-state index contributed by atoms with van der Waals surface area (Å²) in [5.41, 5.74) is 0. The Labute approximate surface area is 95.8 Å². The standard InChI is InChI=1S/C11H19N3O2/c1-2-13-7-11(16)14(8-10(13)15)6-9-3-4-12-5-9/h9,12H,2-8H2,1H3. The molecular weight excluding hydrogens is 206 g/mol. The molecule has 0 aromatic carbocycles. The van der Waals surface area contributed by atoms with Gasteiger partial charge in [-0.05, 0) is 32.4 Å². The lowest BCUT2D eigenvalue weighted by Gasteiger charge is -2.34. The van der Waals surface area contributed by atoms with Crippen molar-refractivity contribution in [1.82, 2.24) is 15.1 Å². The molecule has 0 saturated carbocycles. The van der Waals surface area contributed by atoms with Crippen LogP contribution in [0.25, 0.3) is 0 Å². The van der Waals surface area contributed by atoms with Crippen molar-refractivity contribution in [2.75, 3.05) is 39.3 Å². The Bertz CT molecular complexity index is 287. The van der Waals surface area contributed by atoms with Gasteiger partial charge in [0.25, 0.3) is 0 Å². The Morgan fingerprint density at radius 3 is 2.56 bits per heavy atom. The van der Waals surface area contributed by atoms with E-state index in [9.17, 15) is 9.59 Å². The molecule has 0 aliphatic carbocycles. The van der Waals surface area contributed by atoms with Crippen molar-refractivity contribution in [1.29, 1.82) is 0 Å². The van der Waals surface area contributed by atoms with Crippen LogP contribution in [0, 0.1) is 5.92 Å². The number of hydrogen-bond acceptors (Lipinski definition) is 3. The number of amides is 2. The number of nitrogens with zero attached hydrogens (tertiary/aromatic N) is 2. The summed E-state index contributed by atoms with van der Waals surface area (Å²) in [6.45, 7) is 5.79. The van der Waals surface area contributed by atoms with Gasteiger partial charge < -0.3 is 15.1 Å². The summed E-state index contributed by atoms with van der Waals surface area (Å²) in [5, 5.41) is 3.27. The molecule has 1 atom stereocenters. The van der Waals surface area contributed by atoms with Crippen LogP contribution in [0.1, 0.15) is 13.3 Å². The monoisotopic (exact) mass is 225 g/mol. The van der Waals surface area contributed by atoms with E-state index in [0.29, 0.717) is 12.5 Å². The van der Waals surface area contributed by atoms with Gasteiger partial charge >= 0.3 is 0 Å². The minimum Gasteiger partial charge on any atom is -0.332 e. The zero-order valence-corrected chi connectivity index (χ0v) is 9.74. The third-order valence-corrected chi connectivity index (χ3v) is 3.38. The number of hydrogen-bond donors (Lipinski definition) is 1. The summed E-state index contributed by atoms with van der Waals surface area (Å²) in [7, 11) is 0. The minimum absolute atomic E-state index is 0.0769. The van der Waals surface area contributed by atoms with Crippen LogP contribution in [-0.4, -0.2) is 60.9 Å². The van der Waals surface area contributed by atoms with Gasteiger partial charge in [-0.25, -0.2) is 0 Å². The van der Waals surface area contributed by atoms with Gasteiger partial charge in [0.05, 0.1) is 13.1 Å². The molecule has 2 fully saturated rings. The number of rotatable bonds is 3. The highest BCUT2D eigenvalue weighted by molar-refractivity contribution is 5.92. The number of likely N-dealkylation sites (N-methyl/N-ethyl adjacent to an activating group) is 1. The fourth-order valence-corrected chi connectivity index (χ4v) is 2.34. The maximum atomic E-state index is 11.8. The van der Waals surface area contributed by atoms with Crippen molar-refractivity contribution in [3.8, 4) is 0 Å². The van der Waals surface area contributed by atoms with Crippen LogP contribution in [0.3, 0.4) is 0 Å². The summed E-state index contributed by atoms with van der Waals surface area (Å²) >= 11 is 0. The predicted molar refractivity (Wildman–Crippen MR) is 59.8 cm³/mol. The van der Waals surface area contributed by atoms with Gasteiger partial charge in [-0.1, -0.05) is 0 Å². The average molecular weight is 225 g/mol. The zero-order chi connectivity index (χ0) is 11.5. The van der Waals surface area contributed by atoms with Crippen molar-refractivity contribution >= 4 is 11.8 Å². The molecule has 2 heterocycles. The molecule has 2 aliphatic rings. The van der Waals surface area contributed by atoms with E-state index in [2.05, 4.69) is 5.32 Å². The summed E-state index contributed by atoms with van der Waals surface area (Å²) in [4.78, 5) is 26.8. The van der Waals surface area contributed by atoms with Gasteiger partial charge in [-0.15, -0.1) is 0 Å². The molecule has 5 heteroatoms. The Balaban J connectivity index is 1.90. The van der Waals surface area contributed by atoms with Crippen LogP contribution < -0.4 is 5.32 Å². The van der Waals surface area contributed by atoms with Gasteiger partial charge in [0.15, 0.2) is 0 Å². The van der Waals surface area contributed by atoms with Gasteiger partial charge in [0, 0.05) is 13.1 Å². The average Bonchev–Trinajstić information content (AvgIpc) is 2.75. The largest absolute Gasteiger partial charge is 0.332 e. The van der Waals surface area contributed by atoms with Crippen LogP contribution in [0.4, 0.5) is 0 Å². The second kappa shape index (κ2) is 4.82. The topological polar surface area (TPSA) is 52.7 Å². The Hall–Kier alpha value is -1.10. The molecule has 1 unspecified atom stereocenters. The van der Waals surface area contributed by atoms with Gasteiger partial charge in [0.1, 0.15) is 0 Å². The molecule has 5 nitrogen and oxygen atoms in total. The summed E-state index contributed by atoms with van der Waals surface area (Å²) in [6, 6.07) is 0. The van der Waals surface area contributed by atoms with E-state index in [1.807, 2.05) is 6.92 Å². The molecular formula is C11H19N3O2. The first kappa shape index (κ1) is 11.4. The minimum atomic E-state index is 0.0769.